The first kappa shape index (κ1) is 21.7. The number of benzene rings is 3. The molecule has 0 aliphatic carbocycles. The first-order chi connectivity index (χ1) is 15.3. The van der Waals surface area contributed by atoms with E-state index in [0.717, 1.165) is 5.56 Å². The SMILES string of the molecule is Cc1cccc(C(=O)OCc2nc3cc(Cl)c(Cl)cc3[n+]([O-])c2C(=O)c2ccccc2)c1. The van der Waals surface area contributed by atoms with E-state index < -0.39 is 11.8 Å². The zero-order valence-corrected chi connectivity index (χ0v) is 18.4. The Morgan fingerprint density at radius 2 is 1.66 bits per heavy atom. The fourth-order valence-electron chi connectivity index (χ4n) is 3.25. The Hall–Kier alpha value is -3.48. The Labute approximate surface area is 193 Å². The summed E-state index contributed by atoms with van der Waals surface area (Å²) >= 11 is 12.1. The molecule has 0 unspecified atom stereocenters. The van der Waals surface area contributed by atoms with Crippen molar-refractivity contribution in [2.24, 2.45) is 0 Å². The van der Waals surface area contributed by atoms with Crippen molar-refractivity contribution in [1.82, 2.24) is 4.98 Å². The number of fused-ring (bicyclic) bond motifs is 1. The third-order valence-electron chi connectivity index (χ3n) is 4.81. The van der Waals surface area contributed by atoms with Gasteiger partial charge in [0.25, 0.3) is 11.5 Å². The molecular weight excluding hydrogens is 451 g/mol. The minimum absolute atomic E-state index is 0.0146. The number of hydrogen-bond acceptors (Lipinski definition) is 5. The number of aryl methyl sites for hydroxylation is 1. The van der Waals surface area contributed by atoms with Crippen molar-refractivity contribution in [1.29, 1.82) is 0 Å². The highest BCUT2D eigenvalue weighted by atomic mass is 35.5. The summed E-state index contributed by atoms with van der Waals surface area (Å²) in [7, 11) is 0. The van der Waals surface area contributed by atoms with E-state index in [4.69, 9.17) is 27.9 Å². The van der Waals surface area contributed by atoms with E-state index in [1.807, 2.05) is 13.0 Å². The lowest BCUT2D eigenvalue weighted by Crippen LogP contribution is -2.38. The first-order valence-corrected chi connectivity index (χ1v) is 10.4. The number of ether oxygens (including phenoxy) is 1. The number of carbonyl (C=O) groups excluding carboxylic acids is 2. The van der Waals surface area contributed by atoms with Gasteiger partial charge in [0.15, 0.2) is 5.69 Å². The molecule has 4 aromatic rings. The molecule has 0 amide bonds. The molecule has 1 aromatic heterocycles. The number of rotatable bonds is 5. The van der Waals surface area contributed by atoms with Crippen LogP contribution in [0.2, 0.25) is 10.0 Å². The number of ketones is 1. The van der Waals surface area contributed by atoms with Crippen LogP contribution in [0.4, 0.5) is 0 Å². The van der Waals surface area contributed by atoms with Crippen molar-refractivity contribution in [3.8, 4) is 0 Å². The maximum absolute atomic E-state index is 13.2. The van der Waals surface area contributed by atoms with Crippen molar-refractivity contribution >= 4 is 46.0 Å². The van der Waals surface area contributed by atoms with Crippen molar-refractivity contribution in [3.63, 3.8) is 0 Å². The summed E-state index contributed by atoms with van der Waals surface area (Å²) in [4.78, 5) is 30.1. The smallest absolute Gasteiger partial charge is 0.338 e. The normalized spacial score (nSPS) is 10.8. The number of aromatic nitrogens is 2. The van der Waals surface area contributed by atoms with Crippen molar-refractivity contribution in [3.05, 3.63) is 110 Å². The summed E-state index contributed by atoms with van der Waals surface area (Å²) in [6.07, 6.45) is 0. The molecule has 0 aliphatic rings. The molecule has 6 nitrogen and oxygen atoms in total. The van der Waals surface area contributed by atoms with Gasteiger partial charge in [0.2, 0.25) is 5.52 Å². The van der Waals surface area contributed by atoms with Gasteiger partial charge in [-0.25, -0.2) is 9.78 Å². The van der Waals surface area contributed by atoms with Crippen molar-refractivity contribution in [2.45, 2.75) is 13.5 Å². The van der Waals surface area contributed by atoms with E-state index in [0.29, 0.717) is 15.9 Å². The minimum Gasteiger partial charge on any atom is -0.618 e. The van der Waals surface area contributed by atoms with E-state index in [9.17, 15) is 14.8 Å². The van der Waals surface area contributed by atoms with Gasteiger partial charge in [-0.15, -0.1) is 0 Å². The molecule has 0 saturated carbocycles. The molecule has 1 heterocycles. The average Bonchev–Trinajstić information content (AvgIpc) is 2.79. The van der Waals surface area contributed by atoms with Gasteiger partial charge in [0.05, 0.1) is 15.6 Å². The number of hydrogen-bond donors (Lipinski definition) is 0. The van der Waals surface area contributed by atoms with Crippen molar-refractivity contribution < 1.29 is 19.1 Å². The zero-order chi connectivity index (χ0) is 22.8. The van der Waals surface area contributed by atoms with Crippen LogP contribution in [0.3, 0.4) is 0 Å². The highest BCUT2D eigenvalue weighted by molar-refractivity contribution is 6.42. The van der Waals surface area contributed by atoms with Crippen LogP contribution in [-0.4, -0.2) is 16.7 Å². The lowest BCUT2D eigenvalue weighted by molar-refractivity contribution is -0.580. The van der Waals surface area contributed by atoms with Crippen LogP contribution < -0.4 is 4.73 Å². The molecule has 0 bridgehead atoms. The van der Waals surface area contributed by atoms with Gasteiger partial charge in [0, 0.05) is 11.6 Å². The Kier molecular flexibility index (Phi) is 6.08. The lowest BCUT2D eigenvalue weighted by Gasteiger charge is -2.12. The van der Waals surface area contributed by atoms with E-state index in [1.165, 1.54) is 12.1 Å². The molecule has 8 heteroatoms. The summed E-state index contributed by atoms with van der Waals surface area (Å²) in [6, 6.07) is 18.0. The van der Waals surface area contributed by atoms with Gasteiger partial charge in [-0.3, -0.25) is 4.79 Å². The van der Waals surface area contributed by atoms with Crippen LogP contribution in [0.5, 0.6) is 0 Å². The maximum atomic E-state index is 13.2. The van der Waals surface area contributed by atoms with Crippen molar-refractivity contribution in [2.75, 3.05) is 0 Å². The molecule has 160 valence electrons. The molecule has 0 atom stereocenters. The third kappa shape index (κ3) is 4.28. The molecule has 0 saturated heterocycles. The summed E-state index contributed by atoms with van der Waals surface area (Å²) < 4.78 is 5.84. The maximum Gasteiger partial charge on any atom is 0.338 e. The van der Waals surface area contributed by atoms with Crippen LogP contribution in [0, 0.1) is 12.1 Å². The summed E-state index contributed by atoms with van der Waals surface area (Å²) in [5, 5.41) is 13.6. The van der Waals surface area contributed by atoms with Gasteiger partial charge in [-0.1, -0.05) is 71.2 Å². The van der Waals surface area contributed by atoms with Gasteiger partial charge < -0.3 is 9.94 Å². The second-order valence-electron chi connectivity index (χ2n) is 7.10. The molecule has 0 aliphatic heterocycles. The molecule has 4 rings (SSSR count). The molecule has 32 heavy (non-hydrogen) atoms. The van der Waals surface area contributed by atoms with E-state index >= 15 is 0 Å². The number of halogens is 2. The average molecular weight is 467 g/mol. The Morgan fingerprint density at radius 1 is 0.969 bits per heavy atom. The zero-order valence-electron chi connectivity index (χ0n) is 16.8. The highest BCUT2D eigenvalue weighted by Crippen LogP contribution is 2.26. The largest absolute Gasteiger partial charge is 0.618 e. The third-order valence-corrected chi connectivity index (χ3v) is 5.54. The van der Waals surface area contributed by atoms with Gasteiger partial charge in [0.1, 0.15) is 12.1 Å². The fourth-order valence-corrected chi connectivity index (χ4v) is 3.57. The van der Waals surface area contributed by atoms with E-state index in [1.54, 1.807) is 48.5 Å². The predicted molar refractivity (Wildman–Crippen MR) is 121 cm³/mol. The minimum atomic E-state index is -0.597. The van der Waals surface area contributed by atoms with Crippen LogP contribution in [-0.2, 0) is 11.3 Å². The Balaban J connectivity index is 1.79. The monoisotopic (exact) mass is 466 g/mol. The number of nitrogens with zero attached hydrogens (tertiary/aromatic N) is 2. The van der Waals surface area contributed by atoms with E-state index in [-0.39, 0.29) is 39.1 Å². The lowest BCUT2D eigenvalue weighted by atomic mass is 10.1. The summed E-state index contributed by atoms with van der Waals surface area (Å²) in [6.45, 7) is 1.48. The van der Waals surface area contributed by atoms with E-state index in [2.05, 4.69) is 4.98 Å². The highest BCUT2D eigenvalue weighted by Gasteiger charge is 2.28. The van der Waals surface area contributed by atoms with Gasteiger partial charge in [-0.2, -0.15) is 4.73 Å². The van der Waals surface area contributed by atoms with Crippen LogP contribution in [0.25, 0.3) is 11.0 Å². The first-order valence-electron chi connectivity index (χ1n) is 9.60. The summed E-state index contributed by atoms with van der Waals surface area (Å²) in [5.74, 6) is -1.15. The quantitative estimate of drug-likeness (QED) is 0.177. The Bertz CT molecular complexity index is 1360. The summed E-state index contributed by atoms with van der Waals surface area (Å²) in [5.41, 5.74) is 1.61. The Morgan fingerprint density at radius 3 is 2.38 bits per heavy atom. The van der Waals surface area contributed by atoms with Crippen LogP contribution >= 0.6 is 23.2 Å². The molecule has 3 aromatic carbocycles. The van der Waals surface area contributed by atoms with Gasteiger partial charge >= 0.3 is 5.97 Å². The number of carbonyl (C=O) groups is 2. The molecule has 0 fully saturated rings. The second kappa shape index (κ2) is 8.94. The second-order valence-corrected chi connectivity index (χ2v) is 7.91. The topological polar surface area (TPSA) is 83.2 Å². The molecular formula is C24H16Cl2N2O4. The molecule has 0 spiro atoms. The van der Waals surface area contributed by atoms with Crippen LogP contribution in [0.15, 0.2) is 66.7 Å². The van der Waals surface area contributed by atoms with Crippen LogP contribution in [0.1, 0.15) is 37.7 Å². The molecule has 0 N–H and O–H groups in total. The molecule has 0 radical (unpaired) electrons. The standard InChI is InChI=1S/C24H16Cl2N2O4/c1-14-6-5-9-16(10-14)24(30)32-13-20-22(23(29)15-7-3-2-4-8-15)28(31)21-12-18(26)17(25)11-19(21)27-20/h2-12H,13H2,1H3. The fraction of sp³-hybridized carbons (Fsp3) is 0.0833. The number of esters is 1. The van der Waals surface area contributed by atoms with Gasteiger partial charge in [-0.05, 0) is 25.1 Å². The predicted octanol–water partition coefficient (Wildman–Crippen LogP) is 5.07.